The highest BCUT2D eigenvalue weighted by Crippen LogP contribution is 2.34. The Labute approximate surface area is 150 Å². The maximum Gasteiger partial charge on any atom is 0.220 e. The molecular weight excluding hydrogens is 310 g/mol. The molecule has 1 heterocycles. The molecule has 1 aliphatic heterocycles. The van der Waals surface area contributed by atoms with Crippen LogP contribution in [0.1, 0.15) is 36.8 Å². The summed E-state index contributed by atoms with van der Waals surface area (Å²) in [6.07, 6.45) is 4.34. The summed E-state index contributed by atoms with van der Waals surface area (Å²) >= 11 is 0. The molecule has 0 saturated carbocycles. The zero-order valence-electron chi connectivity index (χ0n) is 14.7. The Morgan fingerprint density at radius 2 is 1.60 bits per heavy atom. The zero-order valence-corrected chi connectivity index (χ0v) is 14.7. The van der Waals surface area contributed by atoms with Crippen molar-refractivity contribution in [2.75, 3.05) is 19.8 Å². The van der Waals surface area contributed by atoms with E-state index < -0.39 is 0 Å². The minimum absolute atomic E-state index is 0.00853. The smallest absolute Gasteiger partial charge is 0.220 e. The van der Waals surface area contributed by atoms with Crippen molar-refractivity contribution in [3.63, 3.8) is 0 Å². The average Bonchev–Trinajstić information content (AvgIpc) is 2.69. The van der Waals surface area contributed by atoms with E-state index in [2.05, 4.69) is 41.7 Å². The topological polar surface area (TPSA) is 38.3 Å². The summed E-state index contributed by atoms with van der Waals surface area (Å²) in [4.78, 5) is 12.3. The molecule has 0 aliphatic carbocycles. The molecular formula is C22H27NO2. The second kappa shape index (κ2) is 8.82. The first-order valence-electron chi connectivity index (χ1n) is 9.22. The standard InChI is InChI=1S/C22H27NO2/c24-21(13-7-10-19-8-3-1-4-9-19)23-18-22(14-16-25-17-15-22)20-11-5-2-6-12-20/h1-6,8-9,11-12H,7,10,13-18H2,(H,23,24). The van der Waals surface area contributed by atoms with Gasteiger partial charge in [0, 0.05) is 31.6 Å². The number of hydrogen-bond donors (Lipinski definition) is 1. The van der Waals surface area contributed by atoms with Crippen LogP contribution in [-0.2, 0) is 21.4 Å². The summed E-state index contributed by atoms with van der Waals surface area (Å²) in [5.41, 5.74) is 2.61. The van der Waals surface area contributed by atoms with Crippen LogP contribution < -0.4 is 5.32 Å². The number of hydrogen-bond acceptors (Lipinski definition) is 2. The maximum absolute atomic E-state index is 12.3. The van der Waals surface area contributed by atoms with Crippen molar-refractivity contribution < 1.29 is 9.53 Å². The minimum Gasteiger partial charge on any atom is -0.381 e. The van der Waals surface area contributed by atoms with Gasteiger partial charge in [0.05, 0.1) is 0 Å². The van der Waals surface area contributed by atoms with Crippen molar-refractivity contribution in [2.45, 2.75) is 37.5 Å². The van der Waals surface area contributed by atoms with Crippen molar-refractivity contribution in [3.8, 4) is 0 Å². The van der Waals surface area contributed by atoms with Crippen LogP contribution in [0.2, 0.25) is 0 Å². The summed E-state index contributed by atoms with van der Waals surface area (Å²) in [5.74, 6) is 0.151. The fraction of sp³-hybridized carbons (Fsp3) is 0.409. The molecule has 0 atom stereocenters. The minimum atomic E-state index is 0.00853. The van der Waals surface area contributed by atoms with Gasteiger partial charge in [0.1, 0.15) is 0 Å². The normalized spacial score (nSPS) is 16.3. The van der Waals surface area contributed by atoms with Gasteiger partial charge in [-0.15, -0.1) is 0 Å². The number of nitrogens with one attached hydrogen (secondary N) is 1. The first kappa shape index (κ1) is 17.7. The summed E-state index contributed by atoms with van der Waals surface area (Å²) in [6.45, 7) is 2.22. The molecule has 0 bridgehead atoms. The van der Waals surface area contributed by atoms with Crippen LogP contribution in [0.3, 0.4) is 0 Å². The molecule has 0 unspecified atom stereocenters. The van der Waals surface area contributed by atoms with Crippen LogP contribution in [0.5, 0.6) is 0 Å². The molecule has 2 aromatic rings. The number of carbonyl (C=O) groups excluding carboxylic acids is 1. The number of aryl methyl sites for hydroxylation is 1. The van der Waals surface area contributed by atoms with E-state index in [-0.39, 0.29) is 11.3 Å². The van der Waals surface area contributed by atoms with Crippen molar-refractivity contribution in [1.29, 1.82) is 0 Å². The quantitative estimate of drug-likeness (QED) is 0.833. The van der Waals surface area contributed by atoms with E-state index in [9.17, 15) is 4.79 Å². The molecule has 132 valence electrons. The van der Waals surface area contributed by atoms with Crippen LogP contribution in [0.25, 0.3) is 0 Å². The Balaban J connectivity index is 1.52. The lowest BCUT2D eigenvalue weighted by Crippen LogP contribution is -2.44. The highest BCUT2D eigenvalue weighted by atomic mass is 16.5. The number of rotatable bonds is 7. The first-order valence-corrected chi connectivity index (χ1v) is 9.22. The van der Waals surface area contributed by atoms with Crippen LogP contribution in [0.4, 0.5) is 0 Å². The third kappa shape index (κ3) is 4.93. The van der Waals surface area contributed by atoms with E-state index in [0.29, 0.717) is 13.0 Å². The molecule has 1 aliphatic rings. The third-order valence-electron chi connectivity index (χ3n) is 5.17. The lowest BCUT2D eigenvalue weighted by Gasteiger charge is -2.38. The van der Waals surface area contributed by atoms with E-state index in [4.69, 9.17) is 4.74 Å². The fourth-order valence-corrected chi connectivity index (χ4v) is 3.58. The zero-order chi connectivity index (χ0) is 17.4. The van der Waals surface area contributed by atoms with Gasteiger partial charge >= 0.3 is 0 Å². The van der Waals surface area contributed by atoms with Gasteiger partial charge in [0.25, 0.3) is 0 Å². The van der Waals surface area contributed by atoms with Crippen molar-refractivity contribution in [3.05, 3.63) is 71.8 Å². The molecule has 1 saturated heterocycles. The third-order valence-corrected chi connectivity index (χ3v) is 5.17. The Kier molecular flexibility index (Phi) is 6.24. The molecule has 2 aromatic carbocycles. The molecule has 25 heavy (non-hydrogen) atoms. The molecule has 3 nitrogen and oxygen atoms in total. The molecule has 3 heteroatoms. The Bertz CT molecular complexity index is 648. The van der Waals surface area contributed by atoms with Crippen LogP contribution in [-0.4, -0.2) is 25.7 Å². The molecule has 0 radical (unpaired) electrons. The molecule has 1 fully saturated rings. The maximum atomic E-state index is 12.3. The number of carbonyl (C=O) groups is 1. The lowest BCUT2D eigenvalue weighted by molar-refractivity contribution is -0.121. The number of benzene rings is 2. The lowest BCUT2D eigenvalue weighted by atomic mass is 9.74. The van der Waals surface area contributed by atoms with Gasteiger partial charge < -0.3 is 10.1 Å². The Morgan fingerprint density at radius 1 is 0.960 bits per heavy atom. The Morgan fingerprint density at radius 3 is 2.28 bits per heavy atom. The van der Waals surface area contributed by atoms with Gasteiger partial charge in [-0.05, 0) is 36.8 Å². The predicted molar refractivity (Wildman–Crippen MR) is 101 cm³/mol. The fourth-order valence-electron chi connectivity index (χ4n) is 3.58. The molecule has 0 spiro atoms. The summed E-state index contributed by atoms with van der Waals surface area (Å²) < 4.78 is 5.55. The van der Waals surface area contributed by atoms with E-state index in [1.54, 1.807) is 0 Å². The first-order chi connectivity index (χ1) is 12.3. The van der Waals surface area contributed by atoms with E-state index in [0.717, 1.165) is 38.9 Å². The monoisotopic (exact) mass is 337 g/mol. The molecule has 3 rings (SSSR count). The molecule has 1 N–H and O–H groups in total. The van der Waals surface area contributed by atoms with Gasteiger partial charge in [-0.1, -0.05) is 60.7 Å². The van der Waals surface area contributed by atoms with Gasteiger partial charge in [0.2, 0.25) is 5.91 Å². The van der Waals surface area contributed by atoms with Gasteiger partial charge in [0.15, 0.2) is 0 Å². The average molecular weight is 337 g/mol. The summed E-state index contributed by atoms with van der Waals surface area (Å²) in [5, 5.41) is 3.18. The van der Waals surface area contributed by atoms with Crippen molar-refractivity contribution in [1.82, 2.24) is 5.32 Å². The van der Waals surface area contributed by atoms with E-state index >= 15 is 0 Å². The second-order valence-corrected chi connectivity index (χ2v) is 6.87. The summed E-state index contributed by atoms with van der Waals surface area (Å²) in [6, 6.07) is 20.9. The highest BCUT2D eigenvalue weighted by Gasteiger charge is 2.34. The number of ether oxygens (including phenoxy) is 1. The predicted octanol–water partition coefficient (Wildman–Crippen LogP) is 3.87. The largest absolute Gasteiger partial charge is 0.381 e. The van der Waals surface area contributed by atoms with Crippen LogP contribution >= 0.6 is 0 Å². The van der Waals surface area contributed by atoms with Gasteiger partial charge in [-0.3, -0.25) is 4.79 Å². The number of amides is 1. The van der Waals surface area contributed by atoms with Gasteiger partial charge in [-0.2, -0.15) is 0 Å². The SMILES string of the molecule is O=C(CCCc1ccccc1)NCC1(c2ccccc2)CCOCC1. The van der Waals surface area contributed by atoms with E-state index in [1.807, 2.05) is 24.3 Å². The molecule has 0 aromatic heterocycles. The van der Waals surface area contributed by atoms with Gasteiger partial charge in [-0.25, -0.2) is 0 Å². The summed E-state index contributed by atoms with van der Waals surface area (Å²) in [7, 11) is 0. The highest BCUT2D eigenvalue weighted by molar-refractivity contribution is 5.76. The van der Waals surface area contributed by atoms with Crippen molar-refractivity contribution >= 4 is 5.91 Å². The molecule has 1 amide bonds. The van der Waals surface area contributed by atoms with Crippen LogP contribution in [0.15, 0.2) is 60.7 Å². The van der Waals surface area contributed by atoms with E-state index in [1.165, 1.54) is 11.1 Å². The second-order valence-electron chi connectivity index (χ2n) is 6.87. The van der Waals surface area contributed by atoms with Crippen molar-refractivity contribution in [2.24, 2.45) is 0 Å². The Hall–Kier alpha value is -2.13. The van der Waals surface area contributed by atoms with Crippen LogP contribution in [0, 0.1) is 0 Å².